The average Bonchev–Trinajstić information content (AvgIpc) is 2.37. The fraction of sp³-hybridized carbons (Fsp3) is 0.143. The van der Waals surface area contributed by atoms with Gasteiger partial charge in [0.25, 0.3) is 0 Å². The SMILES string of the molecule is Cc1cc(-c2ccc(F)c(C(F)(F)F)c2)cc(C(=O)O)n1. The van der Waals surface area contributed by atoms with Crippen LogP contribution in [0, 0.1) is 12.7 Å². The van der Waals surface area contributed by atoms with E-state index in [4.69, 9.17) is 5.11 Å². The molecule has 0 bridgehead atoms. The summed E-state index contributed by atoms with van der Waals surface area (Å²) in [5, 5.41) is 8.91. The molecule has 0 radical (unpaired) electrons. The molecular formula is C14H9F4NO2. The molecule has 3 nitrogen and oxygen atoms in total. The van der Waals surface area contributed by atoms with Crippen molar-refractivity contribution in [3.8, 4) is 11.1 Å². The molecule has 0 saturated heterocycles. The Bertz CT molecular complexity index is 711. The number of hydrogen-bond acceptors (Lipinski definition) is 2. The van der Waals surface area contributed by atoms with Gasteiger partial charge in [0.2, 0.25) is 0 Å². The summed E-state index contributed by atoms with van der Waals surface area (Å²) in [6, 6.07) is 5.08. The molecule has 0 fully saturated rings. The van der Waals surface area contributed by atoms with Crippen LogP contribution in [0.15, 0.2) is 30.3 Å². The zero-order valence-electron chi connectivity index (χ0n) is 10.7. The van der Waals surface area contributed by atoms with Crippen LogP contribution in [0.25, 0.3) is 11.1 Å². The van der Waals surface area contributed by atoms with Crippen LogP contribution in [0.2, 0.25) is 0 Å². The van der Waals surface area contributed by atoms with E-state index in [1.54, 1.807) is 0 Å². The number of carboxylic acids is 1. The second kappa shape index (κ2) is 5.16. The molecule has 0 aliphatic rings. The molecule has 1 N–H and O–H groups in total. The predicted octanol–water partition coefficient (Wildman–Crippen LogP) is 3.91. The van der Waals surface area contributed by atoms with Crippen molar-refractivity contribution in [2.75, 3.05) is 0 Å². The third-order valence-electron chi connectivity index (χ3n) is 2.78. The van der Waals surface area contributed by atoms with E-state index in [9.17, 15) is 22.4 Å². The standard InChI is InChI=1S/C14H9F4NO2/c1-7-4-9(6-12(19-7)13(20)21)8-2-3-11(15)10(5-8)14(16,17)18/h2-6H,1H3,(H,20,21). The lowest BCUT2D eigenvalue weighted by atomic mass is 10.0. The Morgan fingerprint density at radius 1 is 1.14 bits per heavy atom. The zero-order valence-corrected chi connectivity index (χ0v) is 10.7. The number of aryl methyl sites for hydroxylation is 1. The van der Waals surface area contributed by atoms with Gasteiger partial charge in [0.15, 0.2) is 0 Å². The molecule has 2 rings (SSSR count). The fourth-order valence-corrected chi connectivity index (χ4v) is 1.87. The first-order valence-electron chi connectivity index (χ1n) is 5.77. The highest BCUT2D eigenvalue weighted by Gasteiger charge is 2.34. The van der Waals surface area contributed by atoms with Gasteiger partial charge in [0, 0.05) is 5.69 Å². The molecule has 1 heterocycles. The average molecular weight is 299 g/mol. The first kappa shape index (κ1) is 15.0. The van der Waals surface area contributed by atoms with E-state index >= 15 is 0 Å². The highest BCUT2D eigenvalue weighted by Crippen LogP contribution is 2.34. The molecule has 21 heavy (non-hydrogen) atoms. The quantitative estimate of drug-likeness (QED) is 0.855. The van der Waals surface area contributed by atoms with Gasteiger partial charge < -0.3 is 5.11 Å². The lowest BCUT2D eigenvalue weighted by Crippen LogP contribution is -2.08. The van der Waals surface area contributed by atoms with Crippen LogP contribution in [0.3, 0.4) is 0 Å². The minimum atomic E-state index is -4.82. The summed E-state index contributed by atoms with van der Waals surface area (Å²) in [6.07, 6.45) is -4.82. The van der Waals surface area contributed by atoms with E-state index in [1.165, 1.54) is 13.0 Å². The number of hydrogen-bond donors (Lipinski definition) is 1. The molecule has 7 heteroatoms. The highest BCUT2D eigenvalue weighted by atomic mass is 19.4. The normalized spacial score (nSPS) is 11.5. The lowest BCUT2D eigenvalue weighted by molar-refractivity contribution is -0.139. The lowest BCUT2D eigenvalue weighted by Gasteiger charge is -2.11. The van der Waals surface area contributed by atoms with Gasteiger partial charge >= 0.3 is 12.1 Å². The molecule has 0 aliphatic carbocycles. The van der Waals surface area contributed by atoms with Crippen molar-refractivity contribution in [3.63, 3.8) is 0 Å². The van der Waals surface area contributed by atoms with Crippen molar-refractivity contribution in [2.24, 2.45) is 0 Å². The van der Waals surface area contributed by atoms with Crippen molar-refractivity contribution < 1.29 is 27.5 Å². The number of rotatable bonds is 2. The second-order valence-electron chi connectivity index (χ2n) is 4.38. The van der Waals surface area contributed by atoms with Gasteiger partial charge in [-0.2, -0.15) is 13.2 Å². The molecular weight excluding hydrogens is 290 g/mol. The number of aromatic carboxylic acids is 1. The Kier molecular flexibility index (Phi) is 3.67. The number of alkyl halides is 3. The number of carboxylic acid groups (broad SMARTS) is 1. The number of halogens is 4. The summed E-state index contributed by atoms with van der Waals surface area (Å²) in [5.41, 5.74) is -1.06. The maximum Gasteiger partial charge on any atom is 0.419 e. The van der Waals surface area contributed by atoms with Crippen LogP contribution >= 0.6 is 0 Å². The van der Waals surface area contributed by atoms with Gasteiger partial charge in [0.05, 0.1) is 5.56 Å². The predicted molar refractivity (Wildman–Crippen MR) is 66.3 cm³/mol. The summed E-state index contributed by atoms with van der Waals surface area (Å²) in [4.78, 5) is 14.7. The largest absolute Gasteiger partial charge is 0.477 e. The maximum atomic E-state index is 13.2. The Balaban J connectivity index is 2.60. The van der Waals surface area contributed by atoms with Crippen molar-refractivity contribution in [3.05, 3.63) is 53.1 Å². The molecule has 1 aromatic carbocycles. The van der Waals surface area contributed by atoms with Crippen LogP contribution in [0.1, 0.15) is 21.7 Å². The van der Waals surface area contributed by atoms with Gasteiger partial charge in [-0.15, -0.1) is 0 Å². The van der Waals surface area contributed by atoms with E-state index < -0.39 is 23.5 Å². The molecule has 0 saturated carbocycles. The summed E-state index contributed by atoms with van der Waals surface area (Å²) in [6.45, 7) is 1.52. The van der Waals surface area contributed by atoms with E-state index in [0.717, 1.165) is 12.1 Å². The van der Waals surface area contributed by atoms with Crippen molar-refractivity contribution >= 4 is 5.97 Å². The fourth-order valence-electron chi connectivity index (χ4n) is 1.87. The molecule has 0 spiro atoms. The molecule has 2 aromatic rings. The summed E-state index contributed by atoms with van der Waals surface area (Å²) in [7, 11) is 0. The summed E-state index contributed by atoms with van der Waals surface area (Å²) in [5.74, 6) is -2.67. The first-order chi connectivity index (χ1) is 9.68. The van der Waals surface area contributed by atoms with Gasteiger partial charge in [-0.05, 0) is 42.3 Å². The van der Waals surface area contributed by atoms with Crippen molar-refractivity contribution in [1.82, 2.24) is 4.98 Å². The van der Waals surface area contributed by atoms with E-state index in [-0.39, 0.29) is 16.8 Å². The molecule has 0 amide bonds. The number of pyridine rings is 1. The van der Waals surface area contributed by atoms with Crippen LogP contribution < -0.4 is 0 Å². The molecule has 0 atom stereocenters. The van der Waals surface area contributed by atoms with Gasteiger partial charge in [0.1, 0.15) is 11.5 Å². The Morgan fingerprint density at radius 3 is 2.38 bits per heavy atom. The third kappa shape index (κ3) is 3.18. The van der Waals surface area contributed by atoms with Gasteiger partial charge in [-0.3, -0.25) is 0 Å². The van der Waals surface area contributed by atoms with E-state index in [0.29, 0.717) is 17.8 Å². The number of aromatic nitrogens is 1. The van der Waals surface area contributed by atoms with Crippen LogP contribution in [-0.4, -0.2) is 16.1 Å². The molecule has 110 valence electrons. The highest BCUT2D eigenvalue weighted by molar-refractivity contribution is 5.87. The molecule has 0 aliphatic heterocycles. The van der Waals surface area contributed by atoms with Crippen molar-refractivity contribution in [1.29, 1.82) is 0 Å². The maximum absolute atomic E-state index is 13.2. The van der Waals surface area contributed by atoms with Crippen molar-refractivity contribution in [2.45, 2.75) is 13.1 Å². The zero-order chi connectivity index (χ0) is 15.8. The minimum absolute atomic E-state index is 0.0664. The second-order valence-corrected chi connectivity index (χ2v) is 4.38. The topological polar surface area (TPSA) is 50.2 Å². The number of carbonyl (C=O) groups is 1. The van der Waals surface area contributed by atoms with Gasteiger partial charge in [-0.25, -0.2) is 14.2 Å². The van der Waals surface area contributed by atoms with E-state index in [1.807, 2.05) is 0 Å². The van der Waals surface area contributed by atoms with Crippen LogP contribution in [0.4, 0.5) is 17.6 Å². The Morgan fingerprint density at radius 2 is 1.81 bits per heavy atom. The Hall–Kier alpha value is -2.44. The van der Waals surface area contributed by atoms with E-state index in [2.05, 4.69) is 4.98 Å². The first-order valence-corrected chi connectivity index (χ1v) is 5.77. The minimum Gasteiger partial charge on any atom is -0.477 e. The third-order valence-corrected chi connectivity index (χ3v) is 2.78. The summed E-state index contributed by atoms with van der Waals surface area (Å²) < 4.78 is 51.3. The molecule has 1 aromatic heterocycles. The monoisotopic (exact) mass is 299 g/mol. The van der Waals surface area contributed by atoms with Crippen LogP contribution in [-0.2, 0) is 6.18 Å². The number of nitrogens with zero attached hydrogens (tertiary/aromatic N) is 1. The summed E-state index contributed by atoms with van der Waals surface area (Å²) >= 11 is 0. The molecule has 0 unspecified atom stereocenters. The smallest absolute Gasteiger partial charge is 0.419 e. The van der Waals surface area contributed by atoms with Gasteiger partial charge in [-0.1, -0.05) is 6.07 Å². The Labute approximate surface area is 116 Å². The number of benzene rings is 1. The van der Waals surface area contributed by atoms with Crippen LogP contribution in [0.5, 0.6) is 0 Å².